The van der Waals surface area contributed by atoms with Gasteiger partial charge in [0.15, 0.2) is 0 Å². The number of rotatable bonds is 6. The van der Waals surface area contributed by atoms with E-state index in [-0.39, 0.29) is 42.4 Å². The van der Waals surface area contributed by atoms with E-state index in [0.29, 0.717) is 0 Å². The number of nitrogens with one attached hydrogen (secondary N) is 1. The zero-order valence-corrected chi connectivity index (χ0v) is 11.8. The van der Waals surface area contributed by atoms with Crippen molar-refractivity contribution in [3.8, 4) is 0 Å². The van der Waals surface area contributed by atoms with Gasteiger partial charge in [-0.25, -0.2) is 0 Å². The molecule has 0 aromatic rings. The highest BCUT2D eigenvalue weighted by Gasteiger charge is 2.53. The third-order valence-corrected chi connectivity index (χ3v) is 3.99. The van der Waals surface area contributed by atoms with Crippen LogP contribution in [0.1, 0.15) is 40.0 Å². The zero-order valence-electron chi connectivity index (χ0n) is 11.0. The first-order valence-electron chi connectivity index (χ1n) is 6.25. The third-order valence-electron chi connectivity index (χ3n) is 3.99. The van der Waals surface area contributed by atoms with Crippen LogP contribution in [0, 0.1) is 5.41 Å². The Morgan fingerprint density at radius 1 is 1.41 bits per heavy atom. The van der Waals surface area contributed by atoms with E-state index in [2.05, 4.69) is 19.2 Å². The van der Waals surface area contributed by atoms with Crippen molar-refractivity contribution in [1.82, 2.24) is 5.32 Å². The largest absolute Gasteiger partial charge is 0.378 e. The van der Waals surface area contributed by atoms with Crippen LogP contribution in [0.15, 0.2) is 0 Å². The maximum absolute atomic E-state index is 11.3. The summed E-state index contributed by atoms with van der Waals surface area (Å²) in [6, 6.07) is 0.232. The predicted octanol–water partition coefficient (Wildman–Crippen LogP) is 1.47. The molecular formula is C12H25ClN2O2. The first-order valence-corrected chi connectivity index (χ1v) is 6.25. The Morgan fingerprint density at radius 3 is 2.41 bits per heavy atom. The molecule has 5 heteroatoms. The number of hydrogen-bond donors (Lipinski definition) is 2. The molecule has 0 aromatic carbocycles. The Morgan fingerprint density at radius 2 is 2.00 bits per heavy atom. The predicted molar refractivity (Wildman–Crippen MR) is 71.3 cm³/mol. The van der Waals surface area contributed by atoms with Crippen LogP contribution in [0.5, 0.6) is 0 Å². The molecule has 102 valence electrons. The van der Waals surface area contributed by atoms with Crippen LogP contribution in [-0.4, -0.2) is 31.2 Å². The molecule has 1 saturated carbocycles. The van der Waals surface area contributed by atoms with Crippen molar-refractivity contribution in [2.75, 3.05) is 13.2 Å². The first-order chi connectivity index (χ1) is 7.64. The van der Waals surface area contributed by atoms with Crippen molar-refractivity contribution < 1.29 is 9.53 Å². The Bertz CT molecular complexity index is 245. The van der Waals surface area contributed by atoms with Gasteiger partial charge in [0.1, 0.15) is 0 Å². The van der Waals surface area contributed by atoms with E-state index in [9.17, 15) is 4.79 Å². The maximum atomic E-state index is 11.3. The quantitative estimate of drug-likeness (QED) is 0.764. The lowest BCUT2D eigenvalue weighted by Gasteiger charge is -2.55. The molecule has 0 aliphatic heterocycles. The Kier molecular flexibility index (Phi) is 7.05. The van der Waals surface area contributed by atoms with Crippen LogP contribution in [0.2, 0.25) is 0 Å². The SMILES string of the molecule is CCOC1CC(NC(=O)CN)C1(CC)CC.Cl. The molecule has 1 aliphatic carbocycles. The molecule has 2 atom stereocenters. The van der Waals surface area contributed by atoms with Gasteiger partial charge in [-0.3, -0.25) is 4.79 Å². The molecule has 0 bridgehead atoms. The van der Waals surface area contributed by atoms with Gasteiger partial charge in [-0.05, 0) is 26.2 Å². The Balaban J connectivity index is 0.00000256. The molecule has 3 N–H and O–H groups in total. The molecule has 4 nitrogen and oxygen atoms in total. The van der Waals surface area contributed by atoms with Crippen molar-refractivity contribution in [1.29, 1.82) is 0 Å². The summed E-state index contributed by atoms with van der Waals surface area (Å²) in [4.78, 5) is 11.3. The van der Waals surface area contributed by atoms with Crippen LogP contribution in [0.25, 0.3) is 0 Å². The second-order valence-corrected chi connectivity index (χ2v) is 4.44. The molecule has 0 saturated heterocycles. The maximum Gasteiger partial charge on any atom is 0.233 e. The lowest BCUT2D eigenvalue weighted by molar-refractivity contribution is -0.147. The standard InChI is InChI=1S/C12H24N2O2.ClH/c1-4-12(5-2)9(14-11(15)8-13)7-10(12)16-6-3;/h9-10H,4-8,13H2,1-3H3,(H,14,15);1H. The van der Waals surface area contributed by atoms with Gasteiger partial charge in [-0.1, -0.05) is 13.8 Å². The Labute approximate surface area is 110 Å². The second-order valence-electron chi connectivity index (χ2n) is 4.44. The highest BCUT2D eigenvalue weighted by molar-refractivity contribution is 5.85. The lowest BCUT2D eigenvalue weighted by Crippen LogP contribution is -2.64. The highest BCUT2D eigenvalue weighted by atomic mass is 35.5. The van der Waals surface area contributed by atoms with Gasteiger partial charge in [-0.15, -0.1) is 12.4 Å². The number of carbonyl (C=O) groups is 1. The minimum Gasteiger partial charge on any atom is -0.378 e. The summed E-state index contributed by atoms with van der Waals surface area (Å²) in [5.74, 6) is -0.0637. The minimum atomic E-state index is -0.0637. The molecule has 0 aromatic heterocycles. The second kappa shape index (κ2) is 7.19. The molecule has 17 heavy (non-hydrogen) atoms. The van der Waals surface area contributed by atoms with E-state index in [1.165, 1.54) is 0 Å². The highest BCUT2D eigenvalue weighted by Crippen LogP contribution is 2.48. The molecule has 1 aliphatic rings. The molecular weight excluding hydrogens is 240 g/mol. The van der Waals surface area contributed by atoms with Crippen LogP contribution in [-0.2, 0) is 9.53 Å². The first kappa shape index (κ1) is 16.7. The fraction of sp³-hybridized carbons (Fsp3) is 0.917. The van der Waals surface area contributed by atoms with Crippen LogP contribution >= 0.6 is 12.4 Å². The van der Waals surface area contributed by atoms with E-state index in [1.807, 2.05) is 6.92 Å². The molecule has 1 amide bonds. The third kappa shape index (κ3) is 3.12. The number of amides is 1. The van der Waals surface area contributed by atoms with Gasteiger partial charge in [0.05, 0.1) is 12.6 Å². The van der Waals surface area contributed by atoms with Crippen molar-refractivity contribution in [3.05, 3.63) is 0 Å². The van der Waals surface area contributed by atoms with Crippen molar-refractivity contribution in [2.45, 2.75) is 52.2 Å². The molecule has 0 spiro atoms. The van der Waals surface area contributed by atoms with Gasteiger partial charge < -0.3 is 15.8 Å². The van der Waals surface area contributed by atoms with E-state index in [4.69, 9.17) is 10.5 Å². The fourth-order valence-electron chi connectivity index (χ4n) is 2.84. The summed E-state index contributed by atoms with van der Waals surface area (Å²) in [6.45, 7) is 7.15. The van der Waals surface area contributed by atoms with Crippen LogP contribution in [0.4, 0.5) is 0 Å². The summed E-state index contributed by atoms with van der Waals surface area (Å²) >= 11 is 0. The fourth-order valence-corrected chi connectivity index (χ4v) is 2.84. The van der Waals surface area contributed by atoms with Gasteiger partial charge in [-0.2, -0.15) is 0 Å². The van der Waals surface area contributed by atoms with Crippen molar-refractivity contribution >= 4 is 18.3 Å². The number of carbonyl (C=O) groups excluding carboxylic acids is 1. The van der Waals surface area contributed by atoms with Crippen molar-refractivity contribution in [2.24, 2.45) is 11.1 Å². The van der Waals surface area contributed by atoms with Gasteiger partial charge in [0.25, 0.3) is 0 Å². The monoisotopic (exact) mass is 264 g/mol. The van der Waals surface area contributed by atoms with E-state index in [0.717, 1.165) is 25.9 Å². The smallest absolute Gasteiger partial charge is 0.233 e. The van der Waals surface area contributed by atoms with Gasteiger partial charge >= 0.3 is 0 Å². The molecule has 0 radical (unpaired) electrons. The number of hydrogen-bond acceptors (Lipinski definition) is 3. The average molecular weight is 265 g/mol. The van der Waals surface area contributed by atoms with Crippen LogP contribution < -0.4 is 11.1 Å². The minimum absolute atomic E-state index is 0. The summed E-state index contributed by atoms with van der Waals surface area (Å²) in [6.07, 6.45) is 3.27. The summed E-state index contributed by atoms with van der Waals surface area (Å²) in [5, 5.41) is 3.00. The topological polar surface area (TPSA) is 64.3 Å². The summed E-state index contributed by atoms with van der Waals surface area (Å²) in [5.41, 5.74) is 5.43. The van der Waals surface area contributed by atoms with Crippen molar-refractivity contribution in [3.63, 3.8) is 0 Å². The average Bonchev–Trinajstić information content (AvgIpc) is 2.29. The van der Waals surface area contributed by atoms with E-state index >= 15 is 0 Å². The van der Waals surface area contributed by atoms with E-state index < -0.39 is 0 Å². The normalized spacial score (nSPS) is 25.6. The number of ether oxygens (including phenoxy) is 1. The zero-order chi connectivity index (χ0) is 12.2. The molecule has 1 fully saturated rings. The van der Waals surface area contributed by atoms with Crippen LogP contribution in [0.3, 0.4) is 0 Å². The molecule has 2 unspecified atom stereocenters. The molecule has 1 rings (SSSR count). The summed E-state index contributed by atoms with van der Waals surface area (Å²) < 4.78 is 5.74. The lowest BCUT2D eigenvalue weighted by atomic mass is 9.58. The number of nitrogens with two attached hydrogens (primary N) is 1. The number of halogens is 1. The summed E-state index contributed by atoms with van der Waals surface area (Å²) in [7, 11) is 0. The molecule has 0 heterocycles. The Hall–Kier alpha value is -0.320. The van der Waals surface area contributed by atoms with Gasteiger partial charge in [0, 0.05) is 18.1 Å². The van der Waals surface area contributed by atoms with Gasteiger partial charge in [0.2, 0.25) is 5.91 Å². The van der Waals surface area contributed by atoms with E-state index in [1.54, 1.807) is 0 Å².